The van der Waals surface area contributed by atoms with Crippen molar-refractivity contribution in [2.75, 3.05) is 10.5 Å². The maximum absolute atomic E-state index is 12.1. The van der Waals surface area contributed by atoms with Gasteiger partial charge in [-0.25, -0.2) is 18.4 Å². The van der Waals surface area contributed by atoms with E-state index in [1.54, 1.807) is 0 Å². The van der Waals surface area contributed by atoms with Crippen molar-refractivity contribution in [3.63, 3.8) is 0 Å². The molecular weight excluding hydrogens is 276 g/mol. The molecule has 2 aromatic rings. The summed E-state index contributed by atoms with van der Waals surface area (Å²) in [6, 6.07) is 4.23. The Morgan fingerprint density at radius 2 is 1.89 bits per heavy atom. The maximum atomic E-state index is 12.1. The average molecular weight is 285 g/mol. The molecule has 1 heterocycles. The van der Waals surface area contributed by atoms with E-state index in [1.807, 2.05) is 0 Å². The van der Waals surface area contributed by atoms with Gasteiger partial charge in [-0.15, -0.1) is 0 Å². The molecule has 8 heteroatoms. The van der Waals surface area contributed by atoms with E-state index in [2.05, 4.69) is 14.7 Å². The van der Waals surface area contributed by atoms with Crippen LogP contribution in [-0.2, 0) is 10.0 Å². The molecule has 1 aromatic carbocycles. The molecule has 0 aliphatic heterocycles. The minimum atomic E-state index is -3.81. The van der Waals surface area contributed by atoms with Crippen LogP contribution in [0.1, 0.15) is 0 Å². The van der Waals surface area contributed by atoms with E-state index in [4.69, 9.17) is 17.3 Å². The first-order chi connectivity index (χ1) is 8.49. The lowest BCUT2D eigenvalue weighted by Gasteiger charge is -2.09. The molecule has 94 valence electrons. The van der Waals surface area contributed by atoms with Gasteiger partial charge in [0.05, 0.1) is 23.8 Å². The molecule has 0 aliphatic carbocycles. The number of nitrogens with two attached hydrogens (primary N) is 1. The highest BCUT2D eigenvalue weighted by molar-refractivity contribution is 7.92. The lowest BCUT2D eigenvalue weighted by Crippen LogP contribution is -2.15. The van der Waals surface area contributed by atoms with Crippen molar-refractivity contribution in [3.8, 4) is 0 Å². The largest absolute Gasteiger partial charge is 0.398 e. The smallest absolute Gasteiger partial charge is 0.264 e. The van der Waals surface area contributed by atoms with Crippen LogP contribution in [0, 0.1) is 0 Å². The lowest BCUT2D eigenvalue weighted by atomic mass is 10.3. The van der Waals surface area contributed by atoms with Crippen molar-refractivity contribution in [2.45, 2.75) is 4.90 Å². The fraction of sp³-hybridized carbons (Fsp3) is 0. The molecule has 0 unspecified atom stereocenters. The first kappa shape index (κ1) is 12.6. The van der Waals surface area contributed by atoms with Gasteiger partial charge in [0.1, 0.15) is 11.2 Å². The van der Waals surface area contributed by atoms with E-state index >= 15 is 0 Å². The van der Waals surface area contributed by atoms with Crippen LogP contribution in [-0.4, -0.2) is 18.4 Å². The van der Waals surface area contributed by atoms with Crippen LogP contribution in [0.2, 0.25) is 5.02 Å². The molecule has 0 fully saturated rings. The molecule has 0 saturated heterocycles. The van der Waals surface area contributed by atoms with Gasteiger partial charge in [0.2, 0.25) is 0 Å². The Kier molecular flexibility index (Phi) is 3.35. The Morgan fingerprint density at radius 3 is 2.56 bits per heavy atom. The van der Waals surface area contributed by atoms with E-state index in [9.17, 15) is 8.42 Å². The second-order valence-electron chi connectivity index (χ2n) is 3.41. The molecule has 0 atom stereocenters. The van der Waals surface area contributed by atoms with Crippen molar-refractivity contribution in [1.29, 1.82) is 0 Å². The van der Waals surface area contributed by atoms with Crippen LogP contribution in [0.25, 0.3) is 0 Å². The van der Waals surface area contributed by atoms with E-state index < -0.39 is 10.0 Å². The maximum Gasteiger partial charge on any atom is 0.264 e. The Morgan fingerprint density at radius 1 is 1.22 bits per heavy atom. The zero-order valence-corrected chi connectivity index (χ0v) is 10.6. The number of anilines is 2. The normalized spacial score (nSPS) is 11.2. The molecule has 0 spiro atoms. The number of hydrogen-bond donors (Lipinski definition) is 2. The predicted octanol–water partition coefficient (Wildman–Crippen LogP) is 1.51. The summed E-state index contributed by atoms with van der Waals surface area (Å²) in [5.41, 5.74) is 5.98. The Labute approximate surface area is 109 Å². The van der Waals surface area contributed by atoms with Crippen LogP contribution in [0.3, 0.4) is 0 Å². The second kappa shape index (κ2) is 4.79. The zero-order chi connectivity index (χ0) is 13.2. The highest BCUT2D eigenvalue weighted by Gasteiger charge is 2.18. The van der Waals surface area contributed by atoms with Gasteiger partial charge in [-0.1, -0.05) is 11.6 Å². The highest BCUT2D eigenvalue weighted by Crippen LogP contribution is 2.24. The summed E-state index contributed by atoms with van der Waals surface area (Å²) in [7, 11) is -3.81. The molecule has 2 rings (SSSR count). The number of aromatic nitrogens is 2. The SMILES string of the molecule is Nc1ccc(Cl)cc1S(=O)(=O)Nc1cncnc1. The zero-order valence-electron chi connectivity index (χ0n) is 9.04. The van der Waals surface area contributed by atoms with Gasteiger partial charge < -0.3 is 5.73 Å². The van der Waals surface area contributed by atoms with E-state index in [1.165, 1.54) is 36.9 Å². The van der Waals surface area contributed by atoms with E-state index in [0.29, 0.717) is 0 Å². The molecule has 0 saturated carbocycles. The van der Waals surface area contributed by atoms with Crippen molar-refractivity contribution in [1.82, 2.24) is 9.97 Å². The van der Waals surface area contributed by atoms with Gasteiger partial charge in [-0.2, -0.15) is 0 Å². The number of nitrogens with one attached hydrogen (secondary N) is 1. The van der Waals surface area contributed by atoms with Gasteiger partial charge in [0.25, 0.3) is 10.0 Å². The van der Waals surface area contributed by atoms with Gasteiger partial charge in [-0.3, -0.25) is 4.72 Å². The summed E-state index contributed by atoms with van der Waals surface area (Å²) in [4.78, 5) is 7.33. The lowest BCUT2D eigenvalue weighted by molar-refractivity contribution is 0.601. The van der Waals surface area contributed by atoms with Crippen molar-refractivity contribution >= 4 is 33.0 Å². The molecule has 0 amide bonds. The van der Waals surface area contributed by atoms with Crippen LogP contribution in [0.4, 0.5) is 11.4 Å². The molecular formula is C10H9ClN4O2S. The highest BCUT2D eigenvalue weighted by atomic mass is 35.5. The predicted molar refractivity (Wildman–Crippen MR) is 68.7 cm³/mol. The van der Waals surface area contributed by atoms with Gasteiger partial charge in [-0.05, 0) is 18.2 Å². The minimum Gasteiger partial charge on any atom is -0.398 e. The third-order valence-electron chi connectivity index (χ3n) is 2.08. The van der Waals surface area contributed by atoms with Crippen molar-refractivity contribution in [2.24, 2.45) is 0 Å². The number of nitrogens with zero attached hydrogens (tertiary/aromatic N) is 2. The summed E-state index contributed by atoms with van der Waals surface area (Å²) in [6.45, 7) is 0. The number of nitrogen functional groups attached to an aromatic ring is 1. The Hall–Kier alpha value is -1.86. The summed E-state index contributed by atoms with van der Waals surface area (Å²) in [5, 5.41) is 0.286. The first-order valence-electron chi connectivity index (χ1n) is 4.82. The molecule has 6 nitrogen and oxygen atoms in total. The van der Waals surface area contributed by atoms with Gasteiger partial charge in [0, 0.05) is 5.02 Å². The molecule has 1 aromatic heterocycles. The van der Waals surface area contributed by atoms with Crippen LogP contribution in [0.15, 0.2) is 41.8 Å². The fourth-order valence-electron chi connectivity index (χ4n) is 1.30. The Balaban J connectivity index is 2.40. The van der Waals surface area contributed by atoms with Crippen molar-refractivity contribution in [3.05, 3.63) is 41.9 Å². The molecule has 18 heavy (non-hydrogen) atoms. The summed E-state index contributed by atoms with van der Waals surface area (Å²) < 4.78 is 26.4. The quantitative estimate of drug-likeness (QED) is 0.833. The third-order valence-corrected chi connectivity index (χ3v) is 3.75. The molecule has 0 radical (unpaired) electrons. The van der Waals surface area contributed by atoms with Gasteiger partial charge in [0.15, 0.2) is 0 Å². The number of rotatable bonds is 3. The first-order valence-corrected chi connectivity index (χ1v) is 6.68. The van der Waals surface area contributed by atoms with Crippen LogP contribution < -0.4 is 10.5 Å². The summed E-state index contributed by atoms with van der Waals surface area (Å²) >= 11 is 5.75. The van der Waals surface area contributed by atoms with Gasteiger partial charge >= 0.3 is 0 Å². The topological polar surface area (TPSA) is 98.0 Å². The third kappa shape index (κ3) is 2.69. The number of halogens is 1. The average Bonchev–Trinajstić information content (AvgIpc) is 2.33. The molecule has 0 aliphatic rings. The van der Waals surface area contributed by atoms with Crippen LogP contribution in [0.5, 0.6) is 0 Å². The summed E-state index contributed by atoms with van der Waals surface area (Å²) in [6.07, 6.45) is 3.97. The second-order valence-corrected chi connectivity index (χ2v) is 5.50. The minimum absolute atomic E-state index is 0.0844. The monoisotopic (exact) mass is 284 g/mol. The van der Waals surface area contributed by atoms with E-state index in [-0.39, 0.29) is 21.3 Å². The van der Waals surface area contributed by atoms with E-state index in [0.717, 1.165) is 0 Å². The Bertz CT molecular complexity index is 661. The summed E-state index contributed by atoms with van der Waals surface area (Å²) in [5.74, 6) is 0. The standard InChI is InChI=1S/C10H9ClN4O2S/c11-7-1-2-9(12)10(3-7)18(16,17)15-8-4-13-6-14-5-8/h1-6,15H,12H2. The number of benzene rings is 1. The van der Waals surface area contributed by atoms with Crippen LogP contribution >= 0.6 is 11.6 Å². The fourth-order valence-corrected chi connectivity index (χ4v) is 2.73. The number of sulfonamides is 1. The van der Waals surface area contributed by atoms with Crippen molar-refractivity contribution < 1.29 is 8.42 Å². The molecule has 0 bridgehead atoms. The number of hydrogen-bond acceptors (Lipinski definition) is 5. The molecule has 3 N–H and O–H groups in total.